The standard InChI is InChI=1S/C15H14N4/c16-7-15-12(2-1-5-18-15)9-19-8-11-3-4-14(17)6-13(11)10-19/h1-6H,8-10,17H2. The quantitative estimate of drug-likeness (QED) is 0.828. The zero-order valence-corrected chi connectivity index (χ0v) is 10.5. The highest BCUT2D eigenvalue weighted by Gasteiger charge is 2.19. The van der Waals surface area contributed by atoms with Gasteiger partial charge in [-0.05, 0) is 29.3 Å². The summed E-state index contributed by atoms with van der Waals surface area (Å²) in [6.45, 7) is 2.51. The summed E-state index contributed by atoms with van der Waals surface area (Å²) >= 11 is 0. The predicted molar refractivity (Wildman–Crippen MR) is 72.8 cm³/mol. The number of nitriles is 1. The van der Waals surface area contributed by atoms with Crippen molar-refractivity contribution in [3.8, 4) is 6.07 Å². The van der Waals surface area contributed by atoms with E-state index < -0.39 is 0 Å². The fraction of sp³-hybridized carbons (Fsp3) is 0.200. The number of hydrogen-bond donors (Lipinski definition) is 1. The molecule has 94 valence electrons. The highest BCUT2D eigenvalue weighted by atomic mass is 15.1. The molecule has 0 bridgehead atoms. The van der Waals surface area contributed by atoms with Gasteiger partial charge < -0.3 is 5.73 Å². The first-order valence-corrected chi connectivity index (χ1v) is 6.20. The molecule has 2 aromatic rings. The Labute approximate surface area is 112 Å². The van der Waals surface area contributed by atoms with Gasteiger partial charge in [0.25, 0.3) is 0 Å². The molecule has 0 spiro atoms. The van der Waals surface area contributed by atoms with Crippen molar-refractivity contribution in [2.24, 2.45) is 0 Å². The van der Waals surface area contributed by atoms with Gasteiger partial charge in [-0.2, -0.15) is 5.26 Å². The highest BCUT2D eigenvalue weighted by Crippen LogP contribution is 2.26. The Morgan fingerprint density at radius 1 is 1.26 bits per heavy atom. The van der Waals surface area contributed by atoms with Crippen molar-refractivity contribution in [3.63, 3.8) is 0 Å². The first kappa shape index (κ1) is 11.7. The molecule has 19 heavy (non-hydrogen) atoms. The third kappa shape index (κ3) is 2.28. The van der Waals surface area contributed by atoms with Gasteiger partial charge in [0, 0.05) is 37.1 Å². The first-order valence-electron chi connectivity index (χ1n) is 6.20. The third-order valence-corrected chi connectivity index (χ3v) is 3.41. The van der Waals surface area contributed by atoms with Crippen LogP contribution < -0.4 is 5.73 Å². The van der Waals surface area contributed by atoms with Crippen LogP contribution in [0.1, 0.15) is 22.4 Å². The number of nitrogens with two attached hydrogens (primary N) is 1. The second-order valence-electron chi connectivity index (χ2n) is 4.80. The van der Waals surface area contributed by atoms with Crippen LogP contribution in [0.25, 0.3) is 0 Å². The molecule has 2 N–H and O–H groups in total. The van der Waals surface area contributed by atoms with Gasteiger partial charge in [-0.3, -0.25) is 4.90 Å². The van der Waals surface area contributed by atoms with E-state index in [1.165, 1.54) is 11.1 Å². The van der Waals surface area contributed by atoms with Crippen molar-refractivity contribution in [3.05, 3.63) is 58.9 Å². The minimum atomic E-state index is 0.512. The van der Waals surface area contributed by atoms with E-state index in [9.17, 15) is 0 Å². The zero-order chi connectivity index (χ0) is 13.2. The smallest absolute Gasteiger partial charge is 0.144 e. The fourth-order valence-electron chi connectivity index (χ4n) is 2.50. The monoisotopic (exact) mass is 250 g/mol. The maximum Gasteiger partial charge on any atom is 0.144 e. The number of benzene rings is 1. The minimum Gasteiger partial charge on any atom is -0.399 e. The molecule has 0 saturated carbocycles. The lowest BCUT2D eigenvalue weighted by molar-refractivity contribution is 0.275. The van der Waals surface area contributed by atoms with Gasteiger partial charge in [0.2, 0.25) is 0 Å². The maximum absolute atomic E-state index is 9.05. The molecule has 2 heterocycles. The van der Waals surface area contributed by atoms with Crippen LogP contribution in [-0.2, 0) is 19.6 Å². The largest absolute Gasteiger partial charge is 0.399 e. The molecular formula is C15H14N4. The van der Waals surface area contributed by atoms with Crippen molar-refractivity contribution < 1.29 is 0 Å². The summed E-state index contributed by atoms with van der Waals surface area (Å²) in [5.74, 6) is 0. The number of pyridine rings is 1. The van der Waals surface area contributed by atoms with E-state index in [-0.39, 0.29) is 0 Å². The summed E-state index contributed by atoms with van der Waals surface area (Å²) in [6.07, 6.45) is 1.65. The van der Waals surface area contributed by atoms with Crippen LogP contribution in [0.3, 0.4) is 0 Å². The molecule has 1 aromatic heterocycles. The molecule has 1 aromatic carbocycles. The molecule has 1 aliphatic heterocycles. The first-order chi connectivity index (χ1) is 9.26. The summed E-state index contributed by atoms with van der Waals surface area (Å²) < 4.78 is 0. The minimum absolute atomic E-state index is 0.512. The Hall–Kier alpha value is -2.38. The van der Waals surface area contributed by atoms with Gasteiger partial charge in [0.1, 0.15) is 11.8 Å². The highest BCUT2D eigenvalue weighted by molar-refractivity contribution is 5.46. The normalized spacial score (nSPS) is 14.1. The van der Waals surface area contributed by atoms with Crippen molar-refractivity contribution in [1.29, 1.82) is 5.26 Å². The van der Waals surface area contributed by atoms with Gasteiger partial charge in [-0.1, -0.05) is 12.1 Å². The summed E-state index contributed by atoms with van der Waals surface area (Å²) in [7, 11) is 0. The topological polar surface area (TPSA) is 65.9 Å². The van der Waals surface area contributed by atoms with Crippen LogP contribution in [-0.4, -0.2) is 9.88 Å². The zero-order valence-electron chi connectivity index (χ0n) is 10.5. The van der Waals surface area contributed by atoms with E-state index in [0.717, 1.165) is 30.9 Å². The van der Waals surface area contributed by atoms with Gasteiger partial charge in [0.05, 0.1) is 0 Å². The lowest BCUT2D eigenvalue weighted by Crippen LogP contribution is -2.16. The molecule has 0 radical (unpaired) electrons. The Morgan fingerprint density at radius 2 is 2.11 bits per heavy atom. The van der Waals surface area contributed by atoms with Crippen molar-refractivity contribution in [1.82, 2.24) is 9.88 Å². The summed E-state index contributed by atoms with van der Waals surface area (Å²) in [6, 6.07) is 12.0. The fourth-order valence-corrected chi connectivity index (χ4v) is 2.50. The number of nitrogen functional groups attached to an aromatic ring is 1. The van der Waals surface area contributed by atoms with Gasteiger partial charge in [-0.25, -0.2) is 4.98 Å². The molecule has 4 nitrogen and oxygen atoms in total. The van der Waals surface area contributed by atoms with E-state index in [1.54, 1.807) is 6.20 Å². The summed E-state index contributed by atoms with van der Waals surface area (Å²) in [4.78, 5) is 6.39. The maximum atomic E-state index is 9.05. The van der Waals surface area contributed by atoms with E-state index >= 15 is 0 Å². The predicted octanol–water partition coefficient (Wildman–Crippen LogP) is 2.05. The number of hydrogen-bond acceptors (Lipinski definition) is 4. The second kappa shape index (κ2) is 4.71. The molecule has 0 unspecified atom stereocenters. The van der Waals surface area contributed by atoms with E-state index in [0.29, 0.717) is 5.69 Å². The molecular weight excluding hydrogens is 236 g/mol. The molecule has 0 saturated heterocycles. The number of aromatic nitrogens is 1. The molecule has 0 fully saturated rings. The molecule has 0 amide bonds. The van der Waals surface area contributed by atoms with Gasteiger partial charge >= 0.3 is 0 Å². The molecule has 0 aliphatic carbocycles. The molecule has 4 heteroatoms. The third-order valence-electron chi connectivity index (χ3n) is 3.41. The van der Waals surface area contributed by atoms with Crippen LogP contribution in [0.15, 0.2) is 36.5 Å². The molecule has 0 atom stereocenters. The van der Waals surface area contributed by atoms with Gasteiger partial charge in [0.15, 0.2) is 0 Å². The SMILES string of the molecule is N#Cc1ncccc1CN1Cc2ccc(N)cc2C1. The number of nitrogens with zero attached hydrogens (tertiary/aromatic N) is 3. The van der Waals surface area contributed by atoms with Crippen molar-refractivity contribution in [2.45, 2.75) is 19.6 Å². The second-order valence-corrected chi connectivity index (χ2v) is 4.80. The average molecular weight is 250 g/mol. The average Bonchev–Trinajstić information content (AvgIpc) is 2.80. The van der Waals surface area contributed by atoms with E-state index in [2.05, 4.69) is 22.0 Å². The van der Waals surface area contributed by atoms with E-state index in [1.807, 2.05) is 24.3 Å². The lowest BCUT2D eigenvalue weighted by Gasteiger charge is -2.15. The van der Waals surface area contributed by atoms with Gasteiger partial charge in [-0.15, -0.1) is 0 Å². The molecule has 1 aliphatic rings. The van der Waals surface area contributed by atoms with Crippen LogP contribution in [0.5, 0.6) is 0 Å². The molecule has 3 rings (SSSR count). The van der Waals surface area contributed by atoms with Crippen molar-refractivity contribution in [2.75, 3.05) is 5.73 Å². The van der Waals surface area contributed by atoms with Crippen LogP contribution >= 0.6 is 0 Å². The van der Waals surface area contributed by atoms with Crippen LogP contribution in [0.4, 0.5) is 5.69 Å². The van der Waals surface area contributed by atoms with E-state index in [4.69, 9.17) is 11.0 Å². The Bertz CT molecular complexity index is 657. The Balaban J connectivity index is 1.79. The number of rotatable bonds is 2. The summed E-state index contributed by atoms with van der Waals surface area (Å²) in [5.41, 5.74) is 10.7. The van der Waals surface area contributed by atoms with Crippen LogP contribution in [0.2, 0.25) is 0 Å². The lowest BCUT2D eigenvalue weighted by atomic mass is 10.1. The Kier molecular flexibility index (Phi) is 2.90. The number of anilines is 1. The Morgan fingerprint density at radius 3 is 2.95 bits per heavy atom. The summed E-state index contributed by atoms with van der Waals surface area (Å²) in [5, 5.41) is 9.05. The van der Waals surface area contributed by atoms with Crippen molar-refractivity contribution >= 4 is 5.69 Å². The number of fused-ring (bicyclic) bond motifs is 1. The van der Waals surface area contributed by atoms with Crippen LogP contribution in [0, 0.1) is 11.3 Å².